The van der Waals surface area contributed by atoms with E-state index in [1.165, 1.54) is 25.4 Å². The number of hydrogen-bond donors (Lipinski definition) is 1. The molecule has 2 aromatic heterocycles. The molecule has 0 atom stereocenters. The van der Waals surface area contributed by atoms with Gasteiger partial charge < -0.3 is 9.30 Å². The van der Waals surface area contributed by atoms with Crippen molar-refractivity contribution in [2.75, 3.05) is 12.5 Å². The van der Waals surface area contributed by atoms with E-state index in [9.17, 15) is 14.9 Å². The molecular weight excluding hydrogens is 374 g/mol. The maximum absolute atomic E-state index is 12.1. The first-order chi connectivity index (χ1) is 13.9. The van der Waals surface area contributed by atoms with Crippen LogP contribution in [-0.4, -0.2) is 33.8 Å². The Labute approximate surface area is 166 Å². The minimum absolute atomic E-state index is 0.0543. The molecule has 0 aliphatic rings. The number of hydrogen-bond acceptors (Lipinski definition) is 7. The van der Waals surface area contributed by atoms with E-state index in [1.54, 1.807) is 18.3 Å². The summed E-state index contributed by atoms with van der Waals surface area (Å²) >= 11 is 0. The van der Waals surface area contributed by atoms with Gasteiger partial charge in [-0.1, -0.05) is 12.1 Å². The Morgan fingerprint density at radius 1 is 1.28 bits per heavy atom. The van der Waals surface area contributed by atoms with Crippen LogP contribution in [0.1, 0.15) is 27.3 Å². The molecular formula is C20H19N5O4. The zero-order valence-electron chi connectivity index (χ0n) is 16.1. The summed E-state index contributed by atoms with van der Waals surface area (Å²) in [4.78, 5) is 26.6. The molecule has 0 unspecified atom stereocenters. The second-order valence-electron chi connectivity index (χ2n) is 6.17. The highest BCUT2D eigenvalue weighted by atomic mass is 16.6. The molecule has 9 nitrogen and oxygen atoms in total. The second kappa shape index (κ2) is 8.34. The summed E-state index contributed by atoms with van der Waals surface area (Å²) in [5.74, 6) is -0.369. The van der Waals surface area contributed by atoms with E-state index >= 15 is 0 Å². The van der Waals surface area contributed by atoms with Crippen molar-refractivity contribution in [3.8, 4) is 5.69 Å². The zero-order chi connectivity index (χ0) is 21.0. The Bertz CT molecular complexity index is 1100. The van der Waals surface area contributed by atoms with E-state index in [0.29, 0.717) is 11.3 Å². The summed E-state index contributed by atoms with van der Waals surface area (Å²) in [7, 11) is 1.34. The molecule has 0 bridgehead atoms. The van der Waals surface area contributed by atoms with Crippen LogP contribution in [0.4, 0.5) is 11.5 Å². The first kappa shape index (κ1) is 19.7. The molecule has 3 rings (SSSR count). The van der Waals surface area contributed by atoms with Gasteiger partial charge in [-0.05, 0) is 38.1 Å². The number of aryl methyl sites for hydroxylation is 1. The third-order valence-electron chi connectivity index (χ3n) is 4.38. The van der Waals surface area contributed by atoms with Gasteiger partial charge in [-0.15, -0.1) is 0 Å². The Hall–Kier alpha value is -4.01. The number of hydrazone groups is 1. The van der Waals surface area contributed by atoms with Gasteiger partial charge in [0, 0.05) is 29.2 Å². The molecule has 0 saturated heterocycles. The predicted octanol–water partition coefficient (Wildman–Crippen LogP) is 3.63. The highest BCUT2D eigenvalue weighted by molar-refractivity contribution is 5.94. The van der Waals surface area contributed by atoms with Gasteiger partial charge in [0.15, 0.2) is 0 Å². The fourth-order valence-electron chi connectivity index (χ4n) is 3.03. The lowest BCUT2D eigenvalue weighted by atomic mass is 10.1. The molecule has 0 saturated carbocycles. The van der Waals surface area contributed by atoms with Crippen LogP contribution in [0.3, 0.4) is 0 Å². The fraction of sp³-hybridized carbons (Fsp3) is 0.150. The normalized spacial score (nSPS) is 10.9. The summed E-state index contributed by atoms with van der Waals surface area (Å²) in [6.45, 7) is 3.81. The number of nitro groups is 1. The number of nitrogens with zero attached hydrogens (tertiary/aromatic N) is 4. The zero-order valence-corrected chi connectivity index (χ0v) is 16.1. The second-order valence-corrected chi connectivity index (χ2v) is 6.17. The predicted molar refractivity (Wildman–Crippen MR) is 109 cm³/mol. The topological polar surface area (TPSA) is 112 Å². The molecule has 9 heteroatoms. The molecule has 0 spiro atoms. The number of rotatable bonds is 6. The number of nitrogens with one attached hydrogen (secondary N) is 1. The van der Waals surface area contributed by atoms with Gasteiger partial charge in [0.25, 0.3) is 0 Å². The van der Waals surface area contributed by atoms with E-state index in [2.05, 4.69) is 15.5 Å². The van der Waals surface area contributed by atoms with Crippen molar-refractivity contribution in [3.63, 3.8) is 0 Å². The highest BCUT2D eigenvalue weighted by Gasteiger charge is 2.17. The van der Waals surface area contributed by atoms with E-state index in [0.717, 1.165) is 17.0 Å². The maximum atomic E-state index is 12.1. The number of pyridine rings is 1. The smallest absolute Gasteiger partial charge is 0.339 e. The Kier molecular flexibility index (Phi) is 5.68. The molecule has 1 N–H and O–H groups in total. The Morgan fingerprint density at radius 3 is 2.76 bits per heavy atom. The molecule has 0 aliphatic heterocycles. The van der Waals surface area contributed by atoms with Gasteiger partial charge in [0.05, 0.1) is 29.5 Å². The average Bonchev–Trinajstić information content (AvgIpc) is 3.00. The maximum Gasteiger partial charge on any atom is 0.339 e. The van der Waals surface area contributed by atoms with Crippen LogP contribution in [0.5, 0.6) is 0 Å². The van der Waals surface area contributed by atoms with E-state index in [-0.39, 0.29) is 11.5 Å². The largest absolute Gasteiger partial charge is 0.465 e. The Balaban J connectivity index is 1.93. The first-order valence-electron chi connectivity index (χ1n) is 8.69. The van der Waals surface area contributed by atoms with Crippen molar-refractivity contribution >= 4 is 23.7 Å². The molecule has 0 amide bonds. The van der Waals surface area contributed by atoms with Crippen molar-refractivity contribution in [2.24, 2.45) is 5.10 Å². The molecule has 0 fully saturated rings. The number of esters is 1. The molecule has 1 aromatic carbocycles. The summed E-state index contributed by atoms with van der Waals surface area (Å²) in [5.41, 5.74) is 6.11. The summed E-state index contributed by atoms with van der Waals surface area (Å²) in [6, 6.07) is 11.9. The van der Waals surface area contributed by atoms with E-state index in [4.69, 9.17) is 4.74 Å². The van der Waals surface area contributed by atoms with Crippen LogP contribution in [0, 0.1) is 24.0 Å². The lowest BCUT2D eigenvalue weighted by Gasteiger charge is -2.13. The van der Waals surface area contributed by atoms with Gasteiger partial charge in [-0.25, -0.2) is 9.78 Å². The van der Waals surface area contributed by atoms with Crippen LogP contribution in [0.2, 0.25) is 0 Å². The van der Waals surface area contributed by atoms with E-state index < -0.39 is 10.9 Å². The molecule has 0 aliphatic carbocycles. The van der Waals surface area contributed by atoms with Crippen molar-refractivity contribution < 1.29 is 14.5 Å². The lowest BCUT2D eigenvalue weighted by Crippen LogP contribution is -2.09. The third-order valence-corrected chi connectivity index (χ3v) is 4.38. The van der Waals surface area contributed by atoms with Crippen molar-refractivity contribution in [1.29, 1.82) is 0 Å². The number of anilines is 1. The monoisotopic (exact) mass is 393 g/mol. The quantitative estimate of drug-likeness (QED) is 0.296. The van der Waals surface area contributed by atoms with Crippen LogP contribution in [0.25, 0.3) is 5.69 Å². The minimum atomic E-state index is -0.527. The fourth-order valence-corrected chi connectivity index (χ4v) is 3.03. The standard InChI is InChI=1S/C20H19N5O4/c1-13-11-15(12-22-23-19-18(25(27)28)9-6-10-21-19)14(2)24(13)17-8-5-4-7-16(17)20(26)29-3/h4-12H,1-3H3,(H,21,23)/b22-12-. The minimum Gasteiger partial charge on any atom is -0.465 e. The summed E-state index contributed by atoms with van der Waals surface area (Å²) in [6.07, 6.45) is 3.00. The SMILES string of the molecule is COC(=O)c1ccccc1-n1c(C)cc(/C=N\Nc2ncccc2[N+](=O)[O-])c1C. The van der Waals surface area contributed by atoms with Crippen LogP contribution >= 0.6 is 0 Å². The number of methoxy groups -OCH3 is 1. The molecule has 2 heterocycles. The van der Waals surface area contributed by atoms with E-state index in [1.807, 2.05) is 36.6 Å². The van der Waals surface area contributed by atoms with Gasteiger partial charge in [-0.2, -0.15) is 5.10 Å². The number of aromatic nitrogens is 2. The number of para-hydroxylation sites is 1. The summed E-state index contributed by atoms with van der Waals surface area (Å²) in [5, 5.41) is 15.1. The van der Waals surface area contributed by atoms with Gasteiger partial charge in [0.1, 0.15) is 0 Å². The van der Waals surface area contributed by atoms with Crippen LogP contribution in [0.15, 0.2) is 53.8 Å². The van der Waals surface area contributed by atoms with Crippen LogP contribution in [-0.2, 0) is 4.74 Å². The average molecular weight is 393 g/mol. The van der Waals surface area contributed by atoms with Gasteiger partial charge in [-0.3, -0.25) is 15.5 Å². The highest BCUT2D eigenvalue weighted by Crippen LogP contribution is 2.24. The Morgan fingerprint density at radius 2 is 2.03 bits per heavy atom. The van der Waals surface area contributed by atoms with Gasteiger partial charge >= 0.3 is 11.7 Å². The van der Waals surface area contributed by atoms with Crippen molar-refractivity contribution in [1.82, 2.24) is 9.55 Å². The summed E-state index contributed by atoms with van der Waals surface area (Å²) < 4.78 is 6.81. The van der Waals surface area contributed by atoms with Gasteiger partial charge in [0.2, 0.25) is 5.82 Å². The van der Waals surface area contributed by atoms with Crippen LogP contribution < -0.4 is 5.43 Å². The lowest BCUT2D eigenvalue weighted by molar-refractivity contribution is -0.384. The molecule has 0 radical (unpaired) electrons. The molecule has 29 heavy (non-hydrogen) atoms. The number of carbonyl (C=O) groups is 1. The van der Waals surface area contributed by atoms with Crippen molar-refractivity contribution in [2.45, 2.75) is 13.8 Å². The number of ether oxygens (including phenoxy) is 1. The molecule has 3 aromatic rings. The molecule has 148 valence electrons. The van der Waals surface area contributed by atoms with Crippen molar-refractivity contribution in [3.05, 3.63) is 81.3 Å². The number of benzene rings is 1. The third kappa shape index (κ3) is 3.98. The number of carbonyl (C=O) groups excluding carboxylic acids is 1. The first-order valence-corrected chi connectivity index (χ1v) is 8.69.